The predicted octanol–water partition coefficient (Wildman–Crippen LogP) is 2.77. The average molecular weight is 349 g/mol. The number of hydrogen-bond acceptors (Lipinski definition) is 4. The number of rotatable bonds is 4. The lowest BCUT2D eigenvalue weighted by Crippen LogP contribution is -2.33. The molecule has 2 aliphatic rings. The number of esters is 1. The maximum Gasteiger partial charge on any atom is 0.307 e. The van der Waals surface area contributed by atoms with Crippen molar-refractivity contribution in [1.29, 1.82) is 0 Å². The SMILES string of the molecule is O=C(CCN1C(=O)c2ccccc2C1=O)OC1CCc2ccccc2C1. The third kappa shape index (κ3) is 3.01. The van der Waals surface area contributed by atoms with E-state index in [1.54, 1.807) is 24.3 Å². The number of aryl methyl sites for hydroxylation is 1. The first kappa shape index (κ1) is 16.5. The van der Waals surface area contributed by atoms with Gasteiger partial charge < -0.3 is 4.74 Å². The molecule has 5 heteroatoms. The van der Waals surface area contributed by atoms with Crippen molar-refractivity contribution in [3.05, 3.63) is 70.8 Å². The number of benzene rings is 2. The lowest BCUT2D eigenvalue weighted by Gasteiger charge is -2.25. The molecule has 26 heavy (non-hydrogen) atoms. The van der Waals surface area contributed by atoms with Gasteiger partial charge in [0.25, 0.3) is 11.8 Å². The molecule has 0 radical (unpaired) electrons. The van der Waals surface area contributed by atoms with Crippen LogP contribution in [-0.2, 0) is 22.4 Å². The van der Waals surface area contributed by atoms with Crippen molar-refractivity contribution >= 4 is 17.8 Å². The molecule has 0 aromatic heterocycles. The molecule has 1 unspecified atom stereocenters. The van der Waals surface area contributed by atoms with E-state index < -0.39 is 0 Å². The Morgan fingerprint density at radius 2 is 1.58 bits per heavy atom. The van der Waals surface area contributed by atoms with Crippen LogP contribution in [0.4, 0.5) is 0 Å². The highest BCUT2D eigenvalue weighted by Crippen LogP contribution is 2.24. The molecule has 0 saturated heterocycles. The fourth-order valence-corrected chi connectivity index (χ4v) is 3.66. The molecule has 0 bridgehead atoms. The van der Waals surface area contributed by atoms with Crippen LogP contribution in [0.5, 0.6) is 0 Å². The molecule has 1 aliphatic heterocycles. The monoisotopic (exact) mass is 349 g/mol. The van der Waals surface area contributed by atoms with Crippen molar-refractivity contribution in [2.24, 2.45) is 0 Å². The van der Waals surface area contributed by atoms with Crippen LogP contribution in [0.3, 0.4) is 0 Å². The molecule has 2 aromatic rings. The highest BCUT2D eigenvalue weighted by Gasteiger charge is 2.35. The number of fused-ring (bicyclic) bond motifs is 2. The van der Waals surface area contributed by atoms with Gasteiger partial charge in [-0.2, -0.15) is 0 Å². The minimum Gasteiger partial charge on any atom is -0.462 e. The van der Waals surface area contributed by atoms with E-state index in [2.05, 4.69) is 12.1 Å². The molecule has 132 valence electrons. The maximum absolute atomic E-state index is 12.3. The van der Waals surface area contributed by atoms with E-state index in [0.29, 0.717) is 11.1 Å². The largest absolute Gasteiger partial charge is 0.462 e. The van der Waals surface area contributed by atoms with Crippen molar-refractivity contribution in [3.63, 3.8) is 0 Å². The molecular formula is C21H19NO4. The number of carbonyl (C=O) groups is 3. The second-order valence-corrected chi connectivity index (χ2v) is 6.68. The minimum absolute atomic E-state index is 0.0175. The first-order valence-corrected chi connectivity index (χ1v) is 8.85. The van der Waals surface area contributed by atoms with Crippen molar-refractivity contribution < 1.29 is 19.1 Å². The zero-order chi connectivity index (χ0) is 18.1. The fraction of sp³-hybridized carbons (Fsp3) is 0.286. The summed E-state index contributed by atoms with van der Waals surface area (Å²) in [6.45, 7) is 0.0501. The Morgan fingerprint density at radius 1 is 0.962 bits per heavy atom. The molecule has 1 atom stereocenters. The Balaban J connectivity index is 1.33. The van der Waals surface area contributed by atoms with E-state index in [9.17, 15) is 14.4 Å². The van der Waals surface area contributed by atoms with Crippen LogP contribution in [0.15, 0.2) is 48.5 Å². The van der Waals surface area contributed by atoms with Crippen LogP contribution in [-0.4, -0.2) is 35.3 Å². The second-order valence-electron chi connectivity index (χ2n) is 6.68. The summed E-state index contributed by atoms with van der Waals surface area (Å²) < 4.78 is 5.57. The van der Waals surface area contributed by atoms with Crippen molar-refractivity contribution in [3.8, 4) is 0 Å². The number of carbonyl (C=O) groups excluding carboxylic acids is 3. The maximum atomic E-state index is 12.3. The van der Waals surface area contributed by atoms with E-state index in [1.165, 1.54) is 11.1 Å². The Hall–Kier alpha value is -2.95. The molecule has 4 rings (SSSR count). The number of nitrogens with zero attached hydrogens (tertiary/aromatic N) is 1. The molecule has 0 N–H and O–H groups in total. The van der Waals surface area contributed by atoms with Crippen LogP contribution in [0.2, 0.25) is 0 Å². The van der Waals surface area contributed by atoms with E-state index in [4.69, 9.17) is 4.74 Å². The third-order valence-electron chi connectivity index (χ3n) is 5.02. The Bertz CT molecular complexity index is 854. The number of ether oxygens (including phenoxy) is 1. The Morgan fingerprint density at radius 3 is 2.27 bits per heavy atom. The number of hydrogen-bond donors (Lipinski definition) is 0. The third-order valence-corrected chi connectivity index (χ3v) is 5.02. The van der Waals surface area contributed by atoms with Crippen molar-refractivity contribution in [2.75, 3.05) is 6.54 Å². The topological polar surface area (TPSA) is 63.7 Å². The van der Waals surface area contributed by atoms with Gasteiger partial charge in [0.2, 0.25) is 0 Å². The van der Waals surface area contributed by atoms with Crippen LogP contribution < -0.4 is 0 Å². The van der Waals surface area contributed by atoms with E-state index in [0.717, 1.165) is 24.2 Å². The molecular weight excluding hydrogens is 330 g/mol. The summed E-state index contributed by atoms with van der Waals surface area (Å²) >= 11 is 0. The average Bonchev–Trinajstić information content (AvgIpc) is 2.91. The lowest BCUT2D eigenvalue weighted by atomic mass is 9.90. The fourth-order valence-electron chi connectivity index (χ4n) is 3.66. The minimum atomic E-state index is -0.370. The molecule has 1 aliphatic carbocycles. The van der Waals surface area contributed by atoms with Crippen LogP contribution in [0, 0.1) is 0 Å². The Kier molecular flexibility index (Phi) is 4.29. The van der Waals surface area contributed by atoms with Gasteiger partial charge in [-0.05, 0) is 36.1 Å². The van der Waals surface area contributed by atoms with Gasteiger partial charge in [-0.1, -0.05) is 36.4 Å². The summed E-state index contributed by atoms with van der Waals surface area (Å²) in [7, 11) is 0. The molecule has 5 nitrogen and oxygen atoms in total. The molecule has 1 heterocycles. The summed E-state index contributed by atoms with van der Waals surface area (Å²) in [6, 6.07) is 14.9. The van der Waals surface area contributed by atoms with Gasteiger partial charge in [0.05, 0.1) is 17.5 Å². The second kappa shape index (κ2) is 6.75. The molecule has 0 spiro atoms. The van der Waals surface area contributed by atoms with Crippen LogP contribution in [0.1, 0.15) is 44.7 Å². The standard InChI is InChI=1S/C21H19NO4/c23-19(26-16-10-9-14-5-1-2-6-15(14)13-16)11-12-22-20(24)17-7-3-4-8-18(17)21(22)25/h1-8,16H,9-13H2. The summed E-state index contributed by atoms with van der Waals surface area (Å²) in [5.41, 5.74) is 3.33. The zero-order valence-electron chi connectivity index (χ0n) is 14.3. The van der Waals surface area contributed by atoms with Gasteiger partial charge in [-0.3, -0.25) is 19.3 Å². The van der Waals surface area contributed by atoms with Crippen LogP contribution in [0.25, 0.3) is 0 Å². The summed E-state index contributed by atoms with van der Waals surface area (Å²) in [5.74, 6) is -1.05. The summed E-state index contributed by atoms with van der Waals surface area (Å²) in [4.78, 5) is 37.9. The van der Waals surface area contributed by atoms with Gasteiger partial charge in [0.15, 0.2) is 0 Å². The Labute approximate surface area is 151 Å². The normalized spacial score (nSPS) is 18.5. The van der Waals surface area contributed by atoms with E-state index >= 15 is 0 Å². The smallest absolute Gasteiger partial charge is 0.307 e. The number of amides is 2. The summed E-state index contributed by atoms with van der Waals surface area (Å²) in [5, 5.41) is 0. The van der Waals surface area contributed by atoms with Crippen LogP contribution >= 0.6 is 0 Å². The van der Waals surface area contributed by atoms with Crippen molar-refractivity contribution in [1.82, 2.24) is 4.90 Å². The highest BCUT2D eigenvalue weighted by molar-refractivity contribution is 6.21. The van der Waals surface area contributed by atoms with E-state index in [1.807, 2.05) is 12.1 Å². The molecule has 0 saturated carbocycles. The lowest BCUT2D eigenvalue weighted by molar-refractivity contribution is -0.149. The van der Waals surface area contributed by atoms with Gasteiger partial charge in [-0.15, -0.1) is 0 Å². The summed E-state index contributed by atoms with van der Waals surface area (Å²) in [6.07, 6.45) is 2.29. The molecule has 0 fully saturated rings. The first-order valence-electron chi connectivity index (χ1n) is 8.85. The zero-order valence-corrected chi connectivity index (χ0v) is 14.3. The molecule has 2 amide bonds. The predicted molar refractivity (Wildman–Crippen MR) is 94.8 cm³/mol. The highest BCUT2D eigenvalue weighted by atomic mass is 16.5. The van der Waals surface area contributed by atoms with Gasteiger partial charge in [0.1, 0.15) is 6.10 Å². The van der Waals surface area contributed by atoms with E-state index in [-0.39, 0.29) is 36.9 Å². The number of imide groups is 1. The van der Waals surface area contributed by atoms with Crippen molar-refractivity contribution in [2.45, 2.75) is 31.8 Å². The first-order chi connectivity index (χ1) is 12.6. The molecule has 2 aromatic carbocycles. The van der Waals surface area contributed by atoms with Gasteiger partial charge in [0, 0.05) is 13.0 Å². The van der Waals surface area contributed by atoms with Gasteiger partial charge in [-0.25, -0.2) is 0 Å². The quantitative estimate of drug-likeness (QED) is 0.629. The van der Waals surface area contributed by atoms with Gasteiger partial charge >= 0.3 is 5.97 Å².